The van der Waals surface area contributed by atoms with E-state index in [1.165, 1.54) is 38.6 Å². The lowest BCUT2D eigenvalue weighted by atomic mass is 9.86. The maximum atomic E-state index is 3.62. The Kier molecular flexibility index (Phi) is 3.92. The molecule has 2 unspecified atom stereocenters. The van der Waals surface area contributed by atoms with Gasteiger partial charge >= 0.3 is 0 Å². The zero-order valence-corrected chi connectivity index (χ0v) is 7.90. The highest BCUT2D eigenvalue weighted by Crippen LogP contribution is 2.22. The van der Waals surface area contributed by atoms with Crippen molar-refractivity contribution in [2.45, 2.75) is 52.0 Å². The van der Waals surface area contributed by atoms with Gasteiger partial charge in [-0.3, -0.25) is 0 Å². The van der Waals surface area contributed by atoms with Gasteiger partial charge in [0.15, 0.2) is 0 Å². The van der Waals surface area contributed by atoms with Crippen LogP contribution in [0.2, 0.25) is 0 Å². The Balaban J connectivity index is 2.31. The van der Waals surface area contributed by atoms with E-state index < -0.39 is 0 Å². The van der Waals surface area contributed by atoms with E-state index in [4.69, 9.17) is 0 Å². The first-order chi connectivity index (χ1) is 5.38. The van der Waals surface area contributed by atoms with Crippen LogP contribution in [-0.2, 0) is 0 Å². The zero-order chi connectivity index (χ0) is 8.10. The number of rotatable bonds is 3. The standard InChI is InChI=1S/C10H21N/c1-3-6-10-9(4-2)7-5-8-11-10/h9-11H,3-8H2,1-2H3. The predicted octanol–water partition coefficient (Wildman–Crippen LogP) is 2.56. The summed E-state index contributed by atoms with van der Waals surface area (Å²) in [7, 11) is 0. The van der Waals surface area contributed by atoms with Crippen LogP contribution < -0.4 is 5.32 Å². The second-order valence-electron chi connectivity index (χ2n) is 3.66. The molecule has 1 saturated heterocycles. The fourth-order valence-electron chi connectivity index (χ4n) is 2.16. The molecular formula is C10H21N. The molecule has 1 fully saturated rings. The second kappa shape index (κ2) is 4.76. The van der Waals surface area contributed by atoms with Crippen molar-refractivity contribution in [3.63, 3.8) is 0 Å². The van der Waals surface area contributed by atoms with Crippen LogP contribution >= 0.6 is 0 Å². The van der Waals surface area contributed by atoms with Gasteiger partial charge in [-0.2, -0.15) is 0 Å². The third kappa shape index (κ3) is 2.48. The average molecular weight is 155 g/mol. The first-order valence-corrected chi connectivity index (χ1v) is 5.11. The first-order valence-electron chi connectivity index (χ1n) is 5.11. The monoisotopic (exact) mass is 155 g/mol. The Morgan fingerprint density at radius 2 is 2.18 bits per heavy atom. The van der Waals surface area contributed by atoms with Crippen molar-refractivity contribution in [2.75, 3.05) is 6.54 Å². The van der Waals surface area contributed by atoms with Gasteiger partial charge in [0.05, 0.1) is 0 Å². The highest BCUT2D eigenvalue weighted by atomic mass is 14.9. The molecular weight excluding hydrogens is 134 g/mol. The average Bonchev–Trinajstić information content (AvgIpc) is 2.06. The molecule has 0 radical (unpaired) electrons. The van der Waals surface area contributed by atoms with Crippen LogP contribution in [0.4, 0.5) is 0 Å². The summed E-state index contributed by atoms with van der Waals surface area (Å²) in [5.74, 6) is 0.962. The van der Waals surface area contributed by atoms with E-state index in [1.54, 1.807) is 0 Å². The van der Waals surface area contributed by atoms with E-state index in [1.807, 2.05) is 0 Å². The van der Waals surface area contributed by atoms with Crippen molar-refractivity contribution in [3.8, 4) is 0 Å². The quantitative estimate of drug-likeness (QED) is 0.660. The Bertz CT molecular complexity index is 99.0. The van der Waals surface area contributed by atoms with Gasteiger partial charge < -0.3 is 5.32 Å². The van der Waals surface area contributed by atoms with Gasteiger partial charge in [0.2, 0.25) is 0 Å². The summed E-state index contributed by atoms with van der Waals surface area (Å²) in [6.07, 6.45) is 6.90. The summed E-state index contributed by atoms with van der Waals surface area (Å²) in [6, 6.07) is 0.832. The van der Waals surface area contributed by atoms with Gasteiger partial charge in [0.1, 0.15) is 0 Å². The molecule has 1 N–H and O–H groups in total. The van der Waals surface area contributed by atoms with Crippen molar-refractivity contribution < 1.29 is 0 Å². The minimum Gasteiger partial charge on any atom is -0.314 e. The van der Waals surface area contributed by atoms with E-state index in [2.05, 4.69) is 19.2 Å². The summed E-state index contributed by atoms with van der Waals surface area (Å²) in [6.45, 7) is 5.85. The maximum Gasteiger partial charge on any atom is 0.00951 e. The highest BCUT2D eigenvalue weighted by molar-refractivity contribution is 4.79. The van der Waals surface area contributed by atoms with Crippen molar-refractivity contribution in [1.29, 1.82) is 0 Å². The summed E-state index contributed by atoms with van der Waals surface area (Å²) >= 11 is 0. The van der Waals surface area contributed by atoms with Gasteiger partial charge in [-0.25, -0.2) is 0 Å². The molecule has 1 rings (SSSR count). The Morgan fingerprint density at radius 3 is 2.82 bits per heavy atom. The molecule has 66 valence electrons. The predicted molar refractivity (Wildman–Crippen MR) is 49.7 cm³/mol. The fourth-order valence-corrected chi connectivity index (χ4v) is 2.16. The van der Waals surface area contributed by atoms with Crippen LogP contribution in [0, 0.1) is 5.92 Å². The Labute approximate surface area is 70.6 Å². The Morgan fingerprint density at radius 1 is 1.36 bits per heavy atom. The first kappa shape index (κ1) is 9.05. The van der Waals surface area contributed by atoms with Gasteiger partial charge in [0.25, 0.3) is 0 Å². The second-order valence-corrected chi connectivity index (χ2v) is 3.66. The largest absolute Gasteiger partial charge is 0.314 e. The van der Waals surface area contributed by atoms with Crippen LogP contribution in [0.15, 0.2) is 0 Å². The molecule has 0 spiro atoms. The molecule has 11 heavy (non-hydrogen) atoms. The minimum atomic E-state index is 0.832. The summed E-state index contributed by atoms with van der Waals surface area (Å²) in [5, 5.41) is 3.62. The molecule has 0 saturated carbocycles. The molecule has 0 bridgehead atoms. The molecule has 1 aliphatic rings. The van der Waals surface area contributed by atoms with E-state index in [0.717, 1.165) is 12.0 Å². The third-order valence-corrected chi connectivity index (χ3v) is 2.85. The lowest BCUT2D eigenvalue weighted by molar-refractivity contribution is 0.259. The summed E-state index contributed by atoms with van der Waals surface area (Å²) in [4.78, 5) is 0. The van der Waals surface area contributed by atoms with Gasteiger partial charge in [0, 0.05) is 6.04 Å². The van der Waals surface area contributed by atoms with Crippen molar-refractivity contribution in [3.05, 3.63) is 0 Å². The summed E-state index contributed by atoms with van der Waals surface area (Å²) < 4.78 is 0. The third-order valence-electron chi connectivity index (χ3n) is 2.85. The smallest absolute Gasteiger partial charge is 0.00951 e. The summed E-state index contributed by atoms with van der Waals surface area (Å²) in [5.41, 5.74) is 0. The number of piperidine rings is 1. The fraction of sp³-hybridized carbons (Fsp3) is 1.00. The molecule has 1 heterocycles. The molecule has 0 aromatic rings. The van der Waals surface area contributed by atoms with Crippen molar-refractivity contribution in [1.82, 2.24) is 5.32 Å². The number of hydrogen-bond donors (Lipinski definition) is 1. The van der Waals surface area contributed by atoms with E-state index in [-0.39, 0.29) is 0 Å². The molecule has 1 aliphatic heterocycles. The maximum absolute atomic E-state index is 3.62. The van der Waals surface area contributed by atoms with E-state index in [0.29, 0.717) is 0 Å². The SMILES string of the molecule is CCCC1NCCCC1CC. The minimum absolute atomic E-state index is 0.832. The number of hydrogen-bond acceptors (Lipinski definition) is 1. The van der Waals surface area contributed by atoms with Crippen LogP contribution in [0.25, 0.3) is 0 Å². The van der Waals surface area contributed by atoms with Gasteiger partial charge in [-0.15, -0.1) is 0 Å². The molecule has 0 aromatic carbocycles. The van der Waals surface area contributed by atoms with Gasteiger partial charge in [-0.05, 0) is 31.7 Å². The van der Waals surface area contributed by atoms with Gasteiger partial charge in [-0.1, -0.05) is 26.7 Å². The molecule has 2 atom stereocenters. The zero-order valence-electron chi connectivity index (χ0n) is 7.90. The van der Waals surface area contributed by atoms with Crippen LogP contribution in [-0.4, -0.2) is 12.6 Å². The molecule has 1 nitrogen and oxygen atoms in total. The van der Waals surface area contributed by atoms with Crippen LogP contribution in [0.1, 0.15) is 46.0 Å². The molecule has 1 heteroatoms. The normalized spacial score (nSPS) is 32.2. The van der Waals surface area contributed by atoms with E-state index >= 15 is 0 Å². The van der Waals surface area contributed by atoms with Crippen molar-refractivity contribution in [2.24, 2.45) is 5.92 Å². The topological polar surface area (TPSA) is 12.0 Å². The van der Waals surface area contributed by atoms with E-state index in [9.17, 15) is 0 Å². The molecule has 0 amide bonds. The van der Waals surface area contributed by atoms with Crippen LogP contribution in [0.5, 0.6) is 0 Å². The molecule has 0 aliphatic carbocycles. The highest BCUT2D eigenvalue weighted by Gasteiger charge is 2.21. The lowest BCUT2D eigenvalue weighted by Gasteiger charge is -2.31. The Hall–Kier alpha value is -0.0400. The number of nitrogens with one attached hydrogen (secondary N) is 1. The lowest BCUT2D eigenvalue weighted by Crippen LogP contribution is -2.40. The van der Waals surface area contributed by atoms with Crippen molar-refractivity contribution >= 4 is 0 Å². The van der Waals surface area contributed by atoms with Crippen LogP contribution in [0.3, 0.4) is 0 Å². The molecule has 0 aromatic heterocycles.